The van der Waals surface area contributed by atoms with E-state index in [0.717, 1.165) is 0 Å². The van der Waals surface area contributed by atoms with Crippen LogP contribution in [0.1, 0.15) is 45.8 Å². The molecule has 6 rings (SSSR count). The third kappa shape index (κ3) is 9.11. The maximum absolute atomic E-state index is 13.6. The smallest absolute Gasteiger partial charge is 0.386 e. The molecule has 268 valence electrons. The van der Waals surface area contributed by atoms with Gasteiger partial charge in [0.25, 0.3) is 5.56 Å². The molecule has 18 nitrogen and oxygen atoms in total. The van der Waals surface area contributed by atoms with Crippen molar-refractivity contribution in [2.24, 2.45) is 11.3 Å². The van der Waals surface area contributed by atoms with Crippen molar-refractivity contribution in [1.29, 1.82) is 0 Å². The molecule has 3 N–H and O–H groups in total. The van der Waals surface area contributed by atoms with E-state index in [4.69, 9.17) is 27.6 Å². The third-order valence-electron chi connectivity index (χ3n) is 8.25. The minimum atomic E-state index is -4.05. The predicted molar refractivity (Wildman–Crippen MR) is 182 cm³/mol. The largest absolute Gasteiger partial charge is 0.474 e. The van der Waals surface area contributed by atoms with Crippen molar-refractivity contribution in [3.63, 3.8) is 0 Å². The molecular formula is C27H38N8O10P2S2. The molecule has 2 aliphatic heterocycles. The summed E-state index contributed by atoms with van der Waals surface area (Å²) in [5.74, 6) is -0.523. The fourth-order valence-corrected chi connectivity index (χ4v) is 9.33. The van der Waals surface area contributed by atoms with Crippen molar-refractivity contribution < 1.29 is 41.5 Å². The number of hydrogen-bond acceptors (Lipinski definition) is 15. The first kappa shape index (κ1) is 36.4. The lowest BCUT2D eigenvalue weighted by Gasteiger charge is -2.26. The minimum absolute atomic E-state index is 0.0328. The SMILES string of the molecule is CNCC(C)(C)CC(=O)Nc1nc2c(ncn2[C@@H]2O[C@@H]3CO[P@@](=O)(S)O[C@H]4C[C@H](Oc5ccncn5)C[C@@H]4CO[P@@](=O)(S)O[C@@H]2C3)c(=O)[nH]1. The summed E-state index contributed by atoms with van der Waals surface area (Å²) in [5.41, 5.74) is -0.928. The quantitative estimate of drug-likeness (QED) is 0.164. The van der Waals surface area contributed by atoms with Gasteiger partial charge in [-0.25, -0.2) is 24.1 Å². The summed E-state index contributed by atoms with van der Waals surface area (Å²) in [5, 5.41) is 5.70. The molecule has 8 atom stereocenters. The zero-order valence-corrected chi connectivity index (χ0v) is 30.4. The van der Waals surface area contributed by atoms with Crippen LogP contribution in [-0.2, 0) is 36.8 Å². The Bertz CT molecular complexity index is 1820. The number of aromatic nitrogens is 6. The number of H-pyrrole nitrogens is 1. The lowest BCUT2D eigenvalue weighted by Crippen LogP contribution is -2.31. The monoisotopic (exact) mass is 760 g/mol. The van der Waals surface area contributed by atoms with E-state index in [1.165, 1.54) is 17.2 Å². The molecule has 0 radical (unpaired) electrons. The van der Waals surface area contributed by atoms with Gasteiger partial charge in [-0.05, 0) is 18.9 Å². The predicted octanol–water partition coefficient (Wildman–Crippen LogP) is 3.52. The van der Waals surface area contributed by atoms with Gasteiger partial charge in [-0.1, -0.05) is 38.3 Å². The van der Waals surface area contributed by atoms with Crippen LogP contribution in [0.3, 0.4) is 0 Å². The Morgan fingerprint density at radius 3 is 2.61 bits per heavy atom. The van der Waals surface area contributed by atoms with Gasteiger partial charge in [-0.2, -0.15) is 4.98 Å². The molecule has 3 aromatic heterocycles. The van der Waals surface area contributed by atoms with Crippen LogP contribution in [0.5, 0.6) is 5.88 Å². The normalized spacial score (nSPS) is 32.5. The number of carbonyl (C=O) groups excluding carboxylic acids is 1. The second-order valence-electron chi connectivity index (χ2n) is 12.9. The summed E-state index contributed by atoms with van der Waals surface area (Å²) in [6.45, 7) is -3.89. The second kappa shape index (κ2) is 14.7. The van der Waals surface area contributed by atoms with Gasteiger partial charge < -0.3 is 19.3 Å². The number of nitrogens with one attached hydrogen (secondary N) is 3. The second-order valence-corrected chi connectivity index (χ2v) is 18.6. The fourth-order valence-electron chi connectivity index (χ4n) is 6.21. The summed E-state index contributed by atoms with van der Waals surface area (Å²) >= 11 is 8.47. The first-order valence-corrected chi connectivity index (χ1v) is 20.9. The van der Waals surface area contributed by atoms with E-state index in [1.54, 1.807) is 19.3 Å². The summed E-state index contributed by atoms with van der Waals surface area (Å²) in [4.78, 5) is 44.9. The van der Waals surface area contributed by atoms with Gasteiger partial charge in [-0.3, -0.25) is 38.0 Å². The van der Waals surface area contributed by atoms with Crippen LogP contribution in [0.15, 0.2) is 29.7 Å². The van der Waals surface area contributed by atoms with Gasteiger partial charge >= 0.3 is 13.6 Å². The van der Waals surface area contributed by atoms with Crippen LogP contribution >= 0.6 is 38.1 Å². The van der Waals surface area contributed by atoms with Gasteiger partial charge in [0.15, 0.2) is 17.4 Å². The molecule has 3 aliphatic rings. The Morgan fingerprint density at radius 1 is 1.12 bits per heavy atom. The summed E-state index contributed by atoms with van der Waals surface area (Å²) in [6, 6.07) is 1.61. The van der Waals surface area contributed by atoms with Crippen LogP contribution < -0.4 is 20.9 Å². The number of fused-ring (bicyclic) bond motifs is 4. The number of ether oxygens (including phenoxy) is 2. The number of amides is 1. The average molecular weight is 761 g/mol. The molecule has 1 saturated carbocycles. The zero-order chi connectivity index (χ0) is 35.0. The molecular weight excluding hydrogens is 722 g/mol. The molecule has 5 heterocycles. The van der Waals surface area contributed by atoms with Crippen molar-refractivity contribution in [3.8, 4) is 5.88 Å². The molecule has 0 spiro atoms. The van der Waals surface area contributed by atoms with Crippen molar-refractivity contribution in [3.05, 3.63) is 35.3 Å². The number of imidazole rings is 1. The summed E-state index contributed by atoms with van der Waals surface area (Å²) in [7, 11) is 1.80. The summed E-state index contributed by atoms with van der Waals surface area (Å²) in [6.07, 6.45) is 1.33. The van der Waals surface area contributed by atoms with E-state index in [0.29, 0.717) is 25.3 Å². The molecule has 2 bridgehead atoms. The number of rotatable bonds is 8. The van der Waals surface area contributed by atoms with Gasteiger partial charge in [-0.15, -0.1) is 0 Å². The first-order chi connectivity index (χ1) is 23.2. The number of aromatic amines is 1. The van der Waals surface area contributed by atoms with Gasteiger partial charge in [0.1, 0.15) is 18.5 Å². The number of hydrogen-bond donors (Lipinski definition) is 5. The number of thiol groups is 2. The van der Waals surface area contributed by atoms with E-state index < -0.39 is 55.7 Å². The highest BCUT2D eigenvalue weighted by molar-refractivity contribution is 8.44. The molecule has 1 aliphatic carbocycles. The molecule has 2 saturated heterocycles. The lowest BCUT2D eigenvalue weighted by atomic mass is 9.89. The first-order valence-electron chi connectivity index (χ1n) is 15.5. The van der Waals surface area contributed by atoms with E-state index >= 15 is 0 Å². The van der Waals surface area contributed by atoms with Crippen LogP contribution in [0.2, 0.25) is 0 Å². The van der Waals surface area contributed by atoms with Gasteiger partial charge in [0.2, 0.25) is 17.7 Å². The van der Waals surface area contributed by atoms with Crippen molar-refractivity contribution in [1.82, 2.24) is 34.8 Å². The Morgan fingerprint density at radius 2 is 1.88 bits per heavy atom. The fraction of sp³-hybridized carbons (Fsp3) is 0.630. The zero-order valence-electron chi connectivity index (χ0n) is 26.8. The Kier molecular flexibility index (Phi) is 10.9. The van der Waals surface area contributed by atoms with Crippen LogP contribution in [0, 0.1) is 11.3 Å². The molecule has 0 aromatic carbocycles. The van der Waals surface area contributed by atoms with Crippen molar-refractivity contribution in [2.75, 3.05) is 32.1 Å². The highest BCUT2D eigenvalue weighted by Gasteiger charge is 2.46. The topological polar surface area (TPSA) is 220 Å². The Labute approximate surface area is 291 Å². The van der Waals surface area contributed by atoms with Crippen LogP contribution in [0.4, 0.5) is 5.95 Å². The molecule has 3 fully saturated rings. The van der Waals surface area contributed by atoms with E-state index in [-0.39, 0.29) is 54.5 Å². The maximum Gasteiger partial charge on any atom is 0.386 e. The van der Waals surface area contributed by atoms with E-state index in [9.17, 15) is 18.7 Å². The minimum Gasteiger partial charge on any atom is -0.474 e. The number of nitrogens with zero attached hydrogens (tertiary/aromatic N) is 5. The highest BCUT2D eigenvalue weighted by Crippen LogP contribution is 2.60. The van der Waals surface area contributed by atoms with Gasteiger partial charge in [0.05, 0.1) is 31.7 Å². The molecule has 22 heteroatoms. The molecule has 49 heavy (non-hydrogen) atoms. The van der Waals surface area contributed by atoms with Crippen molar-refractivity contribution >= 4 is 61.1 Å². The molecule has 1 amide bonds. The van der Waals surface area contributed by atoms with E-state index in [1.807, 2.05) is 13.8 Å². The van der Waals surface area contributed by atoms with E-state index in [2.05, 4.69) is 60.1 Å². The number of anilines is 1. The standard InChI is InChI=1S/C27H38N8O10P2S2/c1-27(2,12-28-3)9-20(36)32-26-33-23-22(24(37)34-26)31-14-35(23)25-19-8-17(43-25)11-41-47(39,49)44-18-7-16(42-21-4-5-29-13-30-21)6-15(18)10-40-46(38,48)45-19/h4-5,13-19,25,28H,6-12H2,1-3H3,(H,38,48)(H,39,49)(H2,32,33,34,36,37)/t15-,16-,17+,18+,19-,25-,46-,47-/m1/s1. The molecule has 0 unspecified atom stereocenters. The average Bonchev–Trinajstić information content (AvgIpc) is 3.71. The third-order valence-corrected chi connectivity index (χ3v) is 11.5. The summed E-state index contributed by atoms with van der Waals surface area (Å²) < 4.78 is 63.8. The molecule has 3 aromatic rings. The maximum atomic E-state index is 13.6. The van der Waals surface area contributed by atoms with Crippen LogP contribution in [-0.4, -0.2) is 86.6 Å². The highest BCUT2D eigenvalue weighted by atomic mass is 32.7. The van der Waals surface area contributed by atoms with Gasteiger partial charge in [0, 0.05) is 44.0 Å². The van der Waals surface area contributed by atoms with Crippen LogP contribution in [0.25, 0.3) is 11.2 Å². The number of carbonyl (C=O) groups is 1. The Hall–Kier alpha value is -2.38. The lowest BCUT2D eigenvalue weighted by molar-refractivity contribution is -0.118. The Balaban J connectivity index is 1.22. The van der Waals surface area contributed by atoms with Crippen molar-refractivity contribution in [2.45, 2.75) is 70.2 Å².